The number of thiophene rings is 2. The Hall–Kier alpha value is -4.18. The minimum absolute atomic E-state index is 0.694. The molecule has 0 spiro atoms. The quantitative estimate of drug-likeness (QED) is 0.104. The van der Waals surface area contributed by atoms with Gasteiger partial charge in [-0.2, -0.15) is 0 Å². The van der Waals surface area contributed by atoms with Crippen molar-refractivity contribution in [2.24, 2.45) is 0 Å². The van der Waals surface area contributed by atoms with Gasteiger partial charge in [-0.15, -0.1) is 22.7 Å². The lowest BCUT2D eigenvalue weighted by atomic mass is 10.0. The maximum Gasteiger partial charge on any atom is 0.161 e. The highest BCUT2D eigenvalue weighted by Gasteiger charge is 2.23. The van der Waals surface area contributed by atoms with E-state index in [1.54, 1.807) is 38.1 Å². The van der Waals surface area contributed by atoms with E-state index in [0.717, 1.165) is 48.8 Å². The van der Waals surface area contributed by atoms with Crippen LogP contribution in [-0.4, -0.2) is 32.3 Å². The predicted molar refractivity (Wildman–Crippen MR) is 216 cm³/mol. The zero-order chi connectivity index (χ0) is 35.5. The summed E-state index contributed by atoms with van der Waals surface area (Å²) in [5.41, 5.74) is 9.05. The monoisotopic (exact) mass is 731 g/mol. The van der Waals surface area contributed by atoms with E-state index in [9.17, 15) is 0 Å². The van der Waals surface area contributed by atoms with Crippen molar-refractivity contribution in [3.8, 4) is 43.5 Å². The largest absolute Gasteiger partial charge is 0.493 e. The second kappa shape index (κ2) is 18.0. The maximum atomic E-state index is 5.43. The van der Waals surface area contributed by atoms with E-state index in [2.05, 4.69) is 112 Å². The van der Waals surface area contributed by atoms with Crippen LogP contribution in [0, 0.1) is 0 Å². The Kier molecular flexibility index (Phi) is 12.6. The van der Waals surface area contributed by atoms with Crippen LogP contribution in [-0.2, 0) is 19.6 Å². The van der Waals surface area contributed by atoms with Gasteiger partial charge in [0.1, 0.15) is 0 Å². The molecule has 0 saturated heterocycles. The molecule has 8 heteroatoms. The normalized spacial score (nSPS) is 14.9. The molecule has 9 rings (SSSR count). The van der Waals surface area contributed by atoms with Crippen LogP contribution in [0.25, 0.3) is 32.0 Å². The Labute approximate surface area is 316 Å². The third-order valence-corrected chi connectivity index (χ3v) is 11.3. The number of hydrogen-bond donors (Lipinski definition) is 3. The fourth-order valence-corrected chi connectivity index (χ4v) is 7.64. The molecule has 3 heterocycles. The van der Waals surface area contributed by atoms with Gasteiger partial charge in [0.2, 0.25) is 0 Å². The SMILES string of the molecule is COc1cc(CNC2CC2)c(-c2cccs2)cc1OC.c1ccc(-c2ccoc2)c(CNC2CC2)c1.c1csc(-c2ccccc2CNC2CC2)c1. The molecule has 6 nitrogen and oxygen atoms in total. The van der Waals surface area contributed by atoms with Gasteiger partial charge in [0.15, 0.2) is 11.5 Å². The summed E-state index contributed by atoms with van der Waals surface area (Å²) >= 11 is 3.56. The van der Waals surface area contributed by atoms with Crippen LogP contribution < -0.4 is 25.4 Å². The maximum absolute atomic E-state index is 5.43. The van der Waals surface area contributed by atoms with E-state index < -0.39 is 0 Å². The molecule has 0 aliphatic heterocycles. The van der Waals surface area contributed by atoms with Crippen molar-refractivity contribution in [3.63, 3.8) is 0 Å². The first-order chi connectivity index (χ1) is 25.7. The van der Waals surface area contributed by atoms with Crippen LogP contribution in [0.3, 0.4) is 0 Å². The summed E-state index contributed by atoms with van der Waals surface area (Å²) in [6.45, 7) is 2.82. The van der Waals surface area contributed by atoms with Crippen molar-refractivity contribution in [3.05, 3.63) is 131 Å². The predicted octanol–water partition coefficient (Wildman–Crippen LogP) is 10.5. The van der Waals surface area contributed by atoms with Gasteiger partial charge in [0.05, 0.1) is 26.7 Å². The van der Waals surface area contributed by atoms with Crippen molar-refractivity contribution < 1.29 is 13.9 Å². The first-order valence-corrected chi connectivity index (χ1v) is 20.2. The van der Waals surface area contributed by atoms with E-state index in [1.165, 1.54) is 81.7 Å². The Bertz CT molecular complexity index is 1860. The molecule has 3 aliphatic rings. The minimum atomic E-state index is 0.694. The zero-order valence-electron chi connectivity index (χ0n) is 30.1. The Morgan fingerprint density at radius 3 is 1.56 bits per heavy atom. The smallest absolute Gasteiger partial charge is 0.161 e. The summed E-state index contributed by atoms with van der Waals surface area (Å²) < 4.78 is 16.0. The van der Waals surface area contributed by atoms with Gasteiger partial charge in [-0.05, 0) is 107 Å². The van der Waals surface area contributed by atoms with E-state index in [4.69, 9.17) is 13.9 Å². The number of hydrogen-bond acceptors (Lipinski definition) is 8. The fraction of sp³-hybridized carbons (Fsp3) is 0.318. The van der Waals surface area contributed by atoms with Crippen LogP contribution in [0.5, 0.6) is 11.5 Å². The molecule has 3 aliphatic carbocycles. The Balaban J connectivity index is 0.000000122. The van der Waals surface area contributed by atoms with Crippen molar-refractivity contribution in [1.82, 2.24) is 16.0 Å². The fourth-order valence-electron chi connectivity index (χ4n) is 6.07. The van der Waals surface area contributed by atoms with Crippen LogP contribution in [0.1, 0.15) is 55.2 Å². The first kappa shape index (κ1) is 36.2. The average Bonchev–Trinajstić information content (AvgIpc) is 4.17. The number of benzene rings is 3. The molecule has 6 aromatic rings. The van der Waals surface area contributed by atoms with Gasteiger partial charge >= 0.3 is 0 Å². The first-order valence-electron chi connectivity index (χ1n) is 18.4. The molecule has 0 unspecified atom stereocenters. The van der Waals surface area contributed by atoms with Crippen LogP contribution >= 0.6 is 22.7 Å². The Morgan fingerprint density at radius 2 is 1.06 bits per heavy atom. The molecule has 3 N–H and O–H groups in total. The number of ether oxygens (including phenoxy) is 2. The van der Waals surface area contributed by atoms with Gasteiger partial charge in [-0.25, -0.2) is 0 Å². The second-order valence-corrected chi connectivity index (χ2v) is 15.5. The zero-order valence-corrected chi connectivity index (χ0v) is 31.7. The van der Waals surface area contributed by atoms with Crippen molar-refractivity contribution >= 4 is 22.7 Å². The van der Waals surface area contributed by atoms with Gasteiger partial charge in [-0.3, -0.25) is 0 Å². The van der Waals surface area contributed by atoms with Crippen molar-refractivity contribution in [1.29, 1.82) is 0 Å². The molecule has 52 heavy (non-hydrogen) atoms. The van der Waals surface area contributed by atoms with E-state index in [-0.39, 0.29) is 0 Å². The number of furan rings is 1. The average molecular weight is 732 g/mol. The molecule has 0 atom stereocenters. The number of methoxy groups -OCH3 is 2. The summed E-state index contributed by atoms with van der Waals surface area (Å²) in [7, 11) is 3.36. The summed E-state index contributed by atoms with van der Waals surface area (Å²) in [4.78, 5) is 2.63. The van der Waals surface area contributed by atoms with Crippen LogP contribution in [0.2, 0.25) is 0 Å². The third-order valence-electron chi connectivity index (χ3n) is 9.53. The summed E-state index contributed by atoms with van der Waals surface area (Å²) in [6, 6.07) is 34.1. The van der Waals surface area contributed by atoms with Crippen LogP contribution in [0.15, 0.2) is 119 Å². The van der Waals surface area contributed by atoms with E-state index in [0.29, 0.717) is 6.04 Å². The lowest BCUT2D eigenvalue weighted by molar-refractivity contribution is 0.354. The highest BCUT2D eigenvalue weighted by atomic mass is 32.1. The topological polar surface area (TPSA) is 67.7 Å². The highest BCUT2D eigenvalue weighted by molar-refractivity contribution is 7.13. The summed E-state index contributed by atoms with van der Waals surface area (Å²) in [6.07, 6.45) is 11.5. The lowest BCUT2D eigenvalue weighted by Crippen LogP contribution is -2.16. The van der Waals surface area contributed by atoms with Gasteiger partial charge < -0.3 is 29.8 Å². The Morgan fingerprint density at radius 1 is 0.558 bits per heavy atom. The molecular formula is C44H49N3O3S2. The van der Waals surface area contributed by atoms with Gasteiger partial charge in [0, 0.05) is 58.6 Å². The van der Waals surface area contributed by atoms with Gasteiger partial charge in [0.25, 0.3) is 0 Å². The molecule has 3 fully saturated rings. The highest BCUT2D eigenvalue weighted by Crippen LogP contribution is 2.38. The third kappa shape index (κ3) is 10.2. The molecule has 0 bridgehead atoms. The standard InChI is InChI=1S/C16H19NO2S.C14H15NO.C14H15NS/c1-18-14-8-11(10-17-12-5-6-12)13(9-15(14)19-2)16-4-3-7-20-16;1-2-4-14(12-7-8-16-10-12)11(3-1)9-15-13-5-6-13;1-2-5-13(14-6-3-9-16-14)11(4-1)10-15-12-7-8-12/h3-4,7-9,12,17H,5-6,10H2,1-2H3;1-4,7-8,10,13,15H,5-6,9H2;1-6,9,12,15H,7-8,10H2. The van der Waals surface area contributed by atoms with E-state index >= 15 is 0 Å². The summed E-state index contributed by atoms with van der Waals surface area (Å²) in [5.74, 6) is 1.58. The molecular weight excluding hydrogens is 683 g/mol. The number of rotatable bonds is 14. The molecule has 0 amide bonds. The van der Waals surface area contributed by atoms with Crippen LogP contribution in [0.4, 0.5) is 0 Å². The molecule has 0 radical (unpaired) electrons. The molecule has 3 saturated carbocycles. The van der Waals surface area contributed by atoms with E-state index in [1.807, 2.05) is 17.4 Å². The lowest BCUT2D eigenvalue weighted by Gasteiger charge is -2.14. The molecule has 270 valence electrons. The molecule has 3 aromatic carbocycles. The summed E-state index contributed by atoms with van der Waals surface area (Å²) in [5, 5.41) is 14.9. The number of nitrogens with one attached hydrogen (secondary N) is 3. The molecule has 3 aromatic heterocycles. The minimum Gasteiger partial charge on any atom is -0.493 e. The van der Waals surface area contributed by atoms with Crippen molar-refractivity contribution in [2.45, 2.75) is 76.3 Å². The second-order valence-electron chi connectivity index (χ2n) is 13.6. The van der Waals surface area contributed by atoms with Crippen molar-refractivity contribution in [2.75, 3.05) is 14.2 Å². The van der Waals surface area contributed by atoms with Gasteiger partial charge in [-0.1, -0.05) is 60.7 Å².